The maximum absolute atomic E-state index is 13.0. The van der Waals surface area contributed by atoms with Crippen LogP contribution in [0.15, 0.2) is 47.4 Å². The molecular formula is C17H17Cl2FN2O2S. The fraction of sp³-hybridized carbons (Fsp3) is 0.294. The van der Waals surface area contributed by atoms with E-state index in [1.807, 2.05) is 6.07 Å². The van der Waals surface area contributed by atoms with Crippen LogP contribution in [0.1, 0.15) is 5.56 Å². The average molecular weight is 403 g/mol. The quantitative estimate of drug-likeness (QED) is 0.783. The third kappa shape index (κ3) is 4.33. The van der Waals surface area contributed by atoms with Gasteiger partial charge in [0.05, 0.1) is 4.90 Å². The van der Waals surface area contributed by atoms with Gasteiger partial charge in [0, 0.05) is 42.8 Å². The molecule has 0 radical (unpaired) electrons. The van der Waals surface area contributed by atoms with Gasteiger partial charge in [-0.3, -0.25) is 4.90 Å². The Morgan fingerprint density at radius 1 is 0.960 bits per heavy atom. The summed E-state index contributed by atoms with van der Waals surface area (Å²) in [6.07, 6.45) is 0. The number of benzene rings is 2. The highest BCUT2D eigenvalue weighted by Crippen LogP contribution is 2.24. The van der Waals surface area contributed by atoms with Gasteiger partial charge in [-0.05, 0) is 42.0 Å². The standard InChI is InChI=1S/C17H17Cl2FN2O2S/c18-14-2-1-13(17(19)11-14)12-21-7-9-22(10-8-21)25(23,24)16-5-3-15(20)4-6-16/h1-6,11H,7-10,12H2. The summed E-state index contributed by atoms with van der Waals surface area (Å²) >= 11 is 12.1. The van der Waals surface area contributed by atoms with Gasteiger partial charge in [0.2, 0.25) is 10.0 Å². The number of nitrogens with zero attached hydrogens (tertiary/aromatic N) is 2. The smallest absolute Gasteiger partial charge is 0.243 e. The minimum absolute atomic E-state index is 0.114. The number of hydrogen-bond donors (Lipinski definition) is 0. The van der Waals surface area contributed by atoms with E-state index < -0.39 is 15.8 Å². The predicted molar refractivity (Wildman–Crippen MR) is 96.9 cm³/mol. The van der Waals surface area contributed by atoms with Gasteiger partial charge >= 0.3 is 0 Å². The van der Waals surface area contributed by atoms with Crippen LogP contribution in [-0.2, 0) is 16.6 Å². The fourth-order valence-corrected chi connectivity index (χ4v) is 4.66. The SMILES string of the molecule is O=S(=O)(c1ccc(F)cc1)N1CCN(Cc2ccc(Cl)cc2Cl)CC1. The molecule has 0 spiro atoms. The first-order valence-corrected chi connectivity index (χ1v) is 9.98. The number of piperazine rings is 1. The first-order valence-electron chi connectivity index (χ1n) is 7.78. The zero-order valence-corrected chi connectivity index (χ0v) is 15.7. The molecule has 0 amide bonds. The van der Waals surface area contributed by atoms with Crippen molar-refractivity contribution in [3.63, 3.8) is 0 Å². The van der Waals surface area contributed by atoms with Crippen molar-refractivity contribution in [1.82, 2.24) is 9.21 Å². The van der Waals surface area contributed by atoms with Crippen LogP contribution in [-0.4, -0.2) is 43.8 Å². The van der Waals surface area contributed by atoms with E-state index in [1.54, 1.807) is 12.1 Å². The summed E-state index contributed by atoms with van der Waals surface area (Å²) < 4.78 is 39.6. The van der Waals surface area contributed by atoms with E-state index in [-0.39, 0.29) is 4.90 Å². The second-order valence-corrected chi connectivity index (χ2v) is 8.65. The molecule has 0 aromatic heterocycles. The number of halogens is 3. The zero-order chi connectivity index (χ0) is 18.0. The third-order valence-corrected chi connectivity index (χ3v) is 6.69. The molecule has 1 aliphatic heterocycles. The summed E-state index contributed by atoms with van der Waals surface area (Å²) in [5, 5.41) is 1.19. The highest BCUT2D eigenvalue weighted by molar-refractivity contribution is 7.89. The van der Waals surface area contributed by atoms with Crippen LogP contribution in [0.3, 0.4) is 0 Å². The van der Waals surface area contributed by atoms with Gasteiger partial charge in [-0.1, -0.05) is 29.3 Å². The Hall–Kier alpha value is -1.18. The largest absolute Gasteiger partial charge is 0.296 e. The van der Waals surface area contributed by atoms with Gasteiger partial charge in [-0.15, -0.1) is 0 Å². The van der Waals surface area contributed by atoms with Crippen molar-refractivity contribution in [2.75, 3.05) is 26.2 Å². The number of hydrogen-bond acceptors (Lipinski definition) is 3. The molecule has 0 atom stereocenters. The minimum atomic E-state index is -3.59. The molecule has 0 N–H and O–H groups in total. The highest BCUT2D eigenvalue weighted by atomic mass is 35.5. The van der Waals surface area contributed by atoms with Gasteiger partial charge in [0.25, 0.3) is 0 Å². The second-order valence-electron chi connectivity index (χ2n) is 5.87. The van der Waals surface area contributed by atoms with E-state index in [9.17, 15) is 12.8 Å². The van der Waals surface area contributed by atoms with Crippen LogP contribution in [0.4, 0.5) is 4.39 Å². The molecule has 3 rings (SSSR count). The lowest BCUT2D eigenvalue weighted by Gasteiger charge is -2.34. The minimum Gasteiger partial charge on any atom is -0.296 e. The molecule has 1 heterocycles. The van der Waals surface area contributed by atoms with Gasteiger partial charge in [-0.25, -0.2) is 12.8 Å². The molecule has 0 aliphatic carbocycles. The molecule has 8 heteroatoms. The Labute approximate surface area is 156 Å². The van der Waals surface area contributed by atoms with Gasteiger partial charge in [0.1, 0.15) is 5.82 Å². The molecule has 25 heavy (non-hydrogen) atoms. The summed E-state index contributed by atoms with van der Waals surface area (Å²) in [7, 11) is -3.59. The molecule has 0 unspecified atom stereocenters. The van der Waals surface area contributed by atoms with Gasteiger partial charge in [-0.2, -0.15) is 4.31 Å². The van der Waals surface area contributed by atoms with Crippen molar-refractivity contribution >= 4 is 33.2 Å². The lowest BCUT2D eigenvalue weighted by molar-refractivity contribution is 0.181. The van der Waals surface area contributed by atoms with E-state index in [4.69, 9.17) is 23.2 Å². The zero-order valence-electron chi connectivity index (χ0n) is 13.3. The van der Waals surface area contributed by atoms with Crippen molar-refractivity contribution in [2.24, 2.45) is 0 Å². The Kier molecular flexibility index (Phi) is 5.65. The van der Waals surface area contributed by atoms with Crippen LogP contribution in [0.5, 0.6) is 0 Å². The van der Waals surface area contributed by atoms with E-state index in [1.165, 1.54) is 16.4 Å². The first-order chi connectivity index (χ1) is 11.9. The normalized spacial score (nSPS) is 16.9. The van der Waals surface area contributed by atoms with Crippen LogP contribution in [0, 0.1) is 5.82 Å². The summed E-state index contributed by atoms with van der Waals surface area (Å²) in [5.41, 5.74) is 0.959. The van der Waals surface area contributed by atoms with Crippen LogP contribution < -0.4 is 0 Å². The van der Waals surface area contributed by atoms with Crippen molar-refractivity contribution < 1.29 is 12.8 Å². The first kappa shape index (κ1) is 18.6. The Morgan fingerprint density at radius 3 is 2.20 bits per heavy atom. The molecule has 0 bridgehead atoms. The van der Waals surface area contributed by atoms with Gasteiger partial charge < -0.3 is 0 Å². The average Bonchev–Trinajstić information content (AvgIpc) is 2.58. The van der Waals surface area contributed by atoms with Crippen LogP contribution in [0.25, 0.3) is 0 Å². The van der Waals surface area contributed by atoms with Crippen LogP contribution in [0.2, 0.25) is 10.0 Å². The van der Waals surface area contributed by atoms with Crippen LogP contribution >= 0.6 is 23.2 Å². The Balaban J connectivity index is 1.64. The topological polar surface area (TPSA) is 40.6 Å². The fourth-order valence-electron chi connectivity index (χ4n) is 2.77. The van der Waals surface area contributed by atoms with Crippen molar-refractivity contribution in [1.29, 1.82) is 0 Å². The monoisotopic (exact) mass is 402 g/mol. The summed E-state index contributed by atoms with van der Waals surface area (Å²) in [4.78, 5) is 2.26. The molecule has 1 fully saturated rings. The number of rotatable bonds is 4. The Bertz CT molecular complexity index is 851. The molecule has 2 aromatic rings. The summed E-state index contributed by atoms with van der Waals surface area (Å²) in [6, 6.07) is 10.3. The predicted octanol–water partition coefficient (Wildman–Crippen LogP) is 3.64. The van der Waals surface area contributed by atoms with E-state index >= 15 is 0 Å². The molecule has 4 nitrogen and oxygen atoms in total. The second kappa shape index (κ2) is 7.60. The lowest BCUT2D eigenvalue weighted by Crippen LogP contribution is -2.48. The van der Waals surface area contributed by atoms with Crippen molar-refractivity contribution in [3.05, 3.63) is 63.9 Å². The summed E-state index contributed by atoms with van der Waals surface area (Å²) in [5.74, 6) is -0.455. The molecule has 1 saturated heterocycles. The molecule has 0 saturated carbocycles. The summed E-state index contributed by atoms with van der Waals surface area (Å²) in [6.45, 7) is 2.59. The van der Waals surface area contributed by atoms with E-state index in [0.29, 0.717) is 42.8 Å². The maximum Gasteiger partial charge on any atom is 0.243 e. The van der Waals surface area contributed by atoms with E-state index in [0.717, 1.165) is 17.7 Å². The van der Waals surface area contributed by atoms with E-state index in [2.05, 4.69) is 4.90 Å². The van der Waals surface area contributed by atoms with Crippen molar-refractivity contribution in [2.45, 2.75) is 11.4 Å². The molecule has 2 aromatic carbocycles. The molecule has 134 valence electrons. The Morgan fingerprint density at radius 2 is 1.60 bits per heavy atom. The third-order valence-electron chi connectivity index (χ3n) is 4.19. The molecular weight excluding hydrogens is 386 g/mol. The molecule has 1 aliphatic rings. The highest BCUT2D eigenvalue weighted by Gasteiger charge is 2.28. The van der Waals surface area contributed by atoms with Crippen molar-refractivity contribution in [3.8, 4) is 0 Å². The number of sulfonamides is 1. The van der Waals surface area contributed by atoms with Gasteiger partial charge in [0.15, 0.2) is 0 Å². The maximum atomic E-state index is 13.0. The lowest BCUT2D eigenvalue weighted by atomic mass is 10.2.